The van der Waals surface area contributed by atoms with Gasteiger partial charge in [-0.15, -0.1) is 0 Å². The van der Waals surface area contributed by atoms with Crippen LogP contribution in [0.4, 0.5) is 4.39 Å². The molecule has 0 saturated heterocycles. The van der Waals surface area contributed by atoms with Gasteiger partial charge in [-0.3, -0.25) is 9.59 Å². The second-order valence-electron chi connectivity index (χ2n) is 11.4. The van der Waals surface area contributed by atoms with Gasteiger partial charge in [0.15, 0.2) is 11.5 Å². The van der Waals surface area contributed by atoms with Crippen LogP contribution in [-0.4, -0.2) is 58.2 Å². The zero-order valence-electron chi connectivity index (χ0n) is 26.5. The number of carboxylic acids is 1. The summed E-state index contributed by atoms with van der Waals surface area (Å²) in [6, 6.07) is 20.8. The Morgan fingerprint density at radius 1 is 0.870 bits per heavy atom. The van der Waals surface area contributed by atoms with Gasteiger partial charge in [0.2, 0.25) is 0 Å². The predicted molar refractivity (Wildman–Crippen MR) is 174 cm³/mol. The SMILES string of the molecule is COc1ccc(CNC(=O)c2c(-c3ccccc3)c(-c3ccc(F)cc3)c(CC[C@@H](O)C[C@@H](O)CC(=O)O)n2C(C)C)cc1OC. The van der Waals surface area contributed by atoms with Gasteiger partial charge in [-0.2, -0.15) is 0 Å². The maximum Gasteiger partial charge on any atom is 0.305 e. The molecule has 1 aromatic heterocycles. The van der Waals surface area contributed by atoms with E-state index in [-0.39, 0.29) is 31.3 Å². The monoisotopic (exact) mass is 632 g/mol. The van der Waals surface area contributed by atoms with Crippen molar-refractivity contribution in [1.29, 1.82) is 0 Å². The Hall–Kier alpha value is -4.67. The number of carbonyl (C=O) groups is 2. The molecule has 0 radical (unpaired) electrons. The maximum absolute atomic E-state index is 14.3. The van der Waals surface area contributed by atoms with Gasteiger partial charge in [-0.1, -0.05) is 48.5 Å². The van der Waals surface area contributed by atoms with Gasteiger partial charge in [0.05, 0.1) is 32.8 Å². The van der Waals surface area contributed by atoms with Crippen LogP contribution < -0.4 is 14.8 Å². The summed E-state index contributed by atoms with van der Waals surface area (Å²) < 4.78 is 26.8. The van der Waals surface area contributed by atoms with Crippen LogP contribution in [0.5, 0.6) is 11.5 Å². The van der Waals surface area contributed by atoms with Crippen molar-refractivity contribution in [1.82, 2.24) is 9.88 Å². The number of aliphatic hydroxyl groups excluding tert-OH is 2. The number of nitrogens with one attached hydrogen (secondary N) is 1. The molecule has 0 aliphatic heterocycles. The van der Waals surface area contributed by atoms with Crippen LogP contribution in [0.2, 0.25) is 0 Å². The Morgan fingerprint density at radius 2 is 1.52 bits per heavy atom. The first-order chi connectivity index (χ1) is 22.0. The zero-order chi connectivity index (χ0) is 33.4. The van der Waals surface area contributed by atoms with E-state index >= 15 is 0 Å². The van der Waals surface area contributed by atoms with Crippen molar-refractivity contribution in [3.8, 4) is 33.8 Å². The van der Waals surface area contributed by atoms with E-state index in [1.54, 1.807) is 38.5 Å². The number of aromatic nitrogens is 1. The van der Waals surface area contributed by atoms with Crippen molar-refractivity contribution in [2.75, 3.05) is 14.2 Å². The van der Waals surface area contributed by atoms with Crippen LogP contribution in [0, 0.1) is 5.82 Å². The Morgan fingerprint density at radius 3 is 2.13 bits per heavy atom. The topological polar surface area (TPSA) is 130 Å². The lowest BCUT2D eigenvalue weighted by Gasteiger charge is -2.20. The first-order valence-corrected chi connectivity index (χ1v) is 15.2. The number of aliphatic carboxylic acids is 1. The molecule has 4 N–H and O–H groups in total. The second kappa shape index (κ2) is 15.6. The number of amides is 1. The van der Waals surface area contributed by atoms with Crippen molar-refractivity contribution >= 4 is 11.9 Å². The number of benzene rings is 3. The minimum atomic E-state index is -1.20. The molecule has 0 unspecified atom stereocenters. The minimum Gasteiger partial charge on any atom is -0.493 e. The summed E-state index contributed by atoms with van der Waals surface area (Å²) in [5.74, 6) is -0.759. The Labute approximate surface area is 268 Å². The fourth-order valence-corrected chi connectivity index (χ4v) is 5.77. The summed E-state index contributed by atoms with van der Waals surface area (Å²) in [6.07, 6.45) is -2.27. The molecule has 4 aromatic rings. The lowest BCUT2D eigenvalue weighted by molar-refractivity contribution is -0.139. The molecule has 0 spiro atoms. The van der Waals surface area contributed by atoms with Crippen LogP contribution in [0.1, 0.15) is 60.9 Å². The first kappa shape index (κ1) is 34.2. The number of rotatable bonds is 15. The summed E-state index contributed by atoms with van der Waals surface area (Å²) >= 11 is 0. The molecule has 0 aliphatic rings. The summed E-state index contributed by atoms with van der Waals surface area (Å²) in [5, 5.41) is 33.0. The van der Waals surface area contributed by atoms with E-state index in [1.807, 2.05) is 54.8 Å². The van der Waals surface area contributed by atoms with Gasteiger partial charge < -0.3 is 34.7 Å². The molecule has 2 atom stereocenters. The number of methoxy groups -OCH3 is 2. The molecule has 244 valence electrons. The highest BCUT2D eigenvalue weighted by Gasteiger charge is 2.30. The van der Waals surface area contributed by atoms with Crippen LogP contribution in [0.15, 0.2) is 72.8 Å². The highest BCUT2D eigenvalue weighted by Crippen LogP contribution is 2.42. The van der Waals surface area contributed by atoms with Crippen LogP contribution in [-0.2, 0) is 17.8 Å². The Kier molecular flexibility index (Phi) is 11.6. The smallest absolute Gasteiger partial charge is 0.305 e. The highest BCUT2D eigenvalue weighted by atomic mass is 19.1. The van der Waals surface area contributed by atoms with Crippen molar-refractivity contribution in [2.45, 2.75) is 64.3 Å². The van der Waals surface area contributed by atoms with Gasteiger partial charge in [0.25, 0.3) is 5.91 Å². The fraction of sp³-hybridized carbons (Fsp3) is 0.333. The number of hydrogen-bond donors (Lipinski definition) is 4. The van der Waals surface area contributed by atoms with Crippen molar-refractivity contribution in [3.63, 3.8) is 0 Å². The molecular weight excluding hydrogens is 591 g/mol. The van der Waals surface area contributed by atoms with Gasteiger partial charge in [-0.05, 0) is 74.1 Å². The van der Waals surface area contributed by atoms with Gasteiger partial charge in [0.1, 0.15) is 11.5 Å². The normalized spacial score (nSPS) is 12.5. The van der Waals surface area contributed by atoms with Gasteiger partial charge in [0, 0.05) is 29.4 Å². The summed E-state index contributed by atoms with van der Waals surface area (Å²) in [5.41, 5.74) is 4.85. The molecule has 1 heterocycles. The number of halogens is 1. The maximum atomic E-state index is 14.3. The molecule has 0 aliphatic carbocycles. The molecule has 10 heteroatoms. The minimum absolute atomic E-state index is 0.106. The molecule has 4 rings (SSSR count). The number of hydrogen-bond acceptors (Lipinski definition) is 6. The number of ether oxygens (including phenoxy) is 2. The van der Waals surface area contributed by atoms with Crippen molar-refractivity contribution < 1.29 is 38.8 Å². The fourth-order valence-electron chi connectivity index (χ4n) is 5.77. The third-order valence-corrected chi connectivity index (χ3v) is 7.80. The number of carbonyl (C=O) groups excluding carboxylic acids is 1. The zero-order valence-corrected chi connectivity index (χ0v) is 26.5. The van der Waals surface area contributed by atoms with Crippen LogP contribution >= 0.6 is 0 Å². The number of carboxylic acid groups (broad SMARTS) is 1. The van der Waals surface area contributed by atoms with Crippen LogP contribution in [0.25, 0.3) is 22.3 Å². The average molecular weight is 633 g/mol. The second-order valence-corrected chi connectivity index (χ2v) is 11.4. The van der Waals surface area contributed by atoms with Gasteiger partial charge >= 0.3 is 5.97 Å². The molecule has 0 fully saturated rings. The summed E-state index contributed by atoms with van der Waals surface area (Å²) in [7, 11) is 3.10. The third-order valence-electron chi connectivity index (χ3n) is 7.80. The van der Waals surface area contributed by atoms with E-state index in [0.717, 1.165) is 22.4 Å². The Bertz CT molecular complexity index is 1630. The van der Waals surface area contributed by atoms with E-state index in [0.29, 0.717) is 34.7 Å². The molecule has 3 aromatic carbocycles. The predicted octanol–water partition coefficient (Wildman–Crippen LogP) is 6.01. The highest BCUT2D eigenvalue weighted by molar-refractivity contribution is 6.05. The number of aliphatic hydroxyl groups is 2. The molecular formula is C36H41FN2O7. The van der Waals surface area contributed by atoms with Gasteiger partial charge in [-0.25, -0.2) is 4.39 Å². The molecule has 9 nitrogen and oxygen atoms in total. The third kappa shape index (κ3) is 8.13. The average Bonchev–Trinajstić information content (AvgIpc) is 3.38. The molecule has 0 bridgehead atoms. The lowest BCUT2D eigenvalue weighted by atomic mass is 9.92. The first-order valence-electron chi connectivity index (χ1n) is 15.2. The van der Waals surface area contributed by atoms with E-state index in [9.17, 15) is 24.2 Å². The molecule has 1 amide bonds. The molecule has 46 heavy (non-hydrogen) atoms. The lowest BCUT2D eigenvalue weighted by Crippen LogP contribution is -2.27. The number of nitrogens with zero attached hydrogens (tertiary/aromatic N) is 1. The van der Waals surface area contributed by atoms with Crippen molar-refractivity contribution in [3.05, 3.63) is 95.6 Å². The van der Waals surface area contributed by atoms with Crippen LogP contribution in [0.3, 0.4) is 0 Å². The largest absolute Gasteiger partial charge is 0.493 e. The quantitative estimate of drug-likeness (QED) is 0.126. The standard InChI is InChI=1S/C36H41FN2O7/c1-22(2)39-29(16-15-27(40)19-28(41)20-32(42)43)33(25-11-13-26(37)14-12-25)34(24-8-6-5-7-9-24)35(39)36(44)38-21-23-10-17-30(45-3)31(18-23)46-4/h5-14,17-18,22,27-28,40-41H,15-16,19-21H2,1-4H3,(H,38,44)(H,42,43)/t27-,28-/m1/s1. The molecule has 0 saturated carbocycles. The summed E-state index contributed by atoms with van der Waals surface area (Å²) in [6.45, 7) is 4.13. The summed E-state index contributed by atoms with van der Waals surface area (Å²) in [4.78, 5) is 25.3. The van der Waals surface area contributed by atoms with E-state index in [1.165, 1.54) is 12.1 Å². The van der Waals surface area contributed by atoms with Crippen molar-refractivity contribution in [2.24, 2.45) is 0 Å². The van der Waals surface area contributed by atoms with E-state index in [4.69, 9.17) is 14.6 Å². The van der Waals surface area contributed by atoms with E-state index < -0.39 is 30.4 Å². The van der Waals surface area contributed by atoms with E-state index in [2.05, 4.69) is 5.32 Å². The Balaban J connectivity index is 1.83.